The predicted octanol–water partition coefficient (Wildman–Crippen LogP) is 1.90. The van der Waals surface area contributed by atoms with Gasteiger partial charge in [-0.1, -0.05) is 11.6 Å². The van der Waals surface area contributed by atoms with Crippen molar-refractivity contribution in [2.75, 3.05) is 5.32 Å². The van der Waals surface area contributed by atoms with Crippen LogP contribution in [0.3, 0.4) is 0 Å². The van der Waals surface area contributed by atoms with Gasteiger partial charge in [0.2, 0.25) is 11.8 Å². The van der Waals surface area contributed by atoms with Gasteiger partial charge in [-0.3, -0.25) is 28.7 Å². The first-order valence-corrected chi connectivity index (χ1v) is 14.7. The standard InChI is InChI=1S/C14H21F2N3O2.C7H9ClN2O2.C7H13F2N.ClH/c1-8(2)19-12(20)5-11(18-13(19)21)17-9(3)4-10-6-14(15,16)7-10;1-4(2)10-6(11)3-5(8)9-7(10)12;1-5(10)2-6-3-7(8,9)4-6;/h5,8-10,17H,4,6-7H2,1-3H3,(H,18,21);3-4H,1-2H3,(H,9,12);5-6H,2-4,10H2,1H3;1H/p-1/t9-;;5-;/m0.0./s1. The second-order valence-corrected chi connectivity index (χ2v) is 12.7. The lowest BCUT2D eigenvalue weighted by Crippen LogP contribution is -3.00. The number of nitrogens with two attached hydrogens (primary N) is 1. The summed E-state index contributed by atoms with van der Waals surface area (Å²) in [6, 6.07) is 2.12. The Morgan fingerprint density at radius 3 is 1.59 bits per heavy atom. The molecule has 0 saturated heterocycles. The summed E-state index contributed by atoms with van der Waals surface area (Å²) in [6.07, 6.45) is 1.28. The molecule has 2 aliphatic carbocycles. The molecule has 2 saturated carbocycles. The van der Waals surface area contributed by atoms with E-state index in [0.717, 1.165) is 15.6 Å². The van der Waals surface area contributed by atoms with Crippen LogP contribution in [-0.2, 0) is 0 Å². The van der Waals surface area contributed by atoms with Gasteiger partial charge in [-0.05, 0) is 66.2 Å². The molecule has 0 amide bonds. The molecule has 16 heteroatoms. The molecule has 2 aromatic heterocycles. The normalized spacial score (nSPS) is 18.4. The van der Waals surface area contributed by atoms with Crippen molar-refractivity contribution in [1.29, 1.82) is 0 Å². The van der Waals surface area contributed by atoms with Crippen molar-refractivity contribution in [3.63, 3.8) is 0 Å². The van der Waals surface area contributed by atoms with Crippen molar-refractivity contribution in [1.82, 2.24) is 19.1 Å². The van der Waals surface area contributed by atoms with Gasteiger partial charge in [0.25, 0.3) is 11.1 Å². The van der Waals surface area contributed by atoms with E-state index in [1.165, 1.54) is 12.1 Å². The second kappa shape index (κ2) is 16.1. The first kappa shape index (κ1) is 39.4. The summed E-state index contributed by atoms with van der Waals surface area (Å²) in [6.45, 7) is 10.7. The molecule has 0 aromatic carbocycles. The van der Waals surface area contributed by atoms with Crippen molar-refractivity contribution in [3.05, 3.63) is 59.0 Å². The number of nitrogens with zero attached hydrogens (tertiary/aromatic N) is 2. The van der Waals surface area contributed by atoms with Crippen LogP contribution in [0.4, 0.5) is 23.4 Å². The minimum absolute atomic E-state index is 0. The highest BCUT2D eigenvalue weighted by Crippen LogP contribution is 2.45. The highest BCUT2D eigenvalue weighted by molar-refractivity contribution is 6.29. The molecule has 0 bridgehead atoms. The van der Waals surface area contributed by atoms with Crippen LogP contribution in [0.15, 0.2) is 31.3 Å². The SMILES string of the molecule is CC(C)n1c(=O)cc(Cl)[nH]c1=O.CC(C)n1c(=O)cc(N[C@@H](C)CC2CC(F)(F)C2)[nH]c1=O.C[C@H](N)CC1CC(F)(F)C1.[Cl-]. The molecule has 5 N–H and O–H groups in total. The van der Waals surface area contributed by atoms with Gasteiger partial charge >= 0.3 is 11.4 Å². The Morgan fingerprint density at radius 1 is 0.818 bits per heavy atom. The van der Waals surface area contributed by atoms with Crippen LogP contribution in [0, 0.1) is 11.8 Å². The molecular weight excluding hydrogens is 631 g/mol. The largest absolute Gasteiger partial charge is 1.00 e. The molecule has 44 heavy (non-hydrogen) atoms. The number of aromatic nitrogens is 4. The van der Waals surface area contributed by atoms with Crippen LogP contribution >= 0.6 is 11.6 Å². The fourth-order valence-electron chi connectivity index (χ4n) is 5.29. The maximum Gasteiger partial charge on any atom is 0.330 e. The van der Waals surface area contributed by atoms with Gasteiger partial charge in [-0.25, -0.2) is 27.2 Å². The lowest BCUT2D eigenvalue weighted by Gasteiger charge is -2.36. The highest BCUT2D eigenvalue weighted by atomic mass is 35.5. The Labute approximate surface area is 264 Å². The topological polar surface area (TPSA) is 148 Å². The summed E-state index contributed by atoms with van der Waals surface area (Å²) in [5, 5.41) is 3.07. The summed E-state index contributed by atoms with van der Waals surface area (Å²) in [5.74, 6) is -4.39. The van der Waals surface area contributed by atoms with Gasteiger partial charge in [0, 0.05) is 62.0 Å². The lowest BCUT2D eigenvalue weighted by atomic mass is 9.78. The molecular formula is C28H43Cl2F4N6O4-. The minimum atomic E-state index is -2.52. The summed E-state index contributed by atoms with van der Waals surface area (Å²) >= 11 is 5.46. The molecule has 0 aliphatic heterocycles. The number of halogens is 6. The quantitative estimate of drug-likeness (QED) is 0.249. The zero-order chi connectivity index (χ0) is 32.9. The first-order valence-electron chi connectivity index (χ1n) is 14.3. The Morgan fingerprint density at radius 2 is 1.23 bits per heavy atom. The number of anilines is 1. The molecule has 0 spiro atoms. The fourth-order valence-corrected chi connectivity index (χ4v) is 5.46. The van der Waals surface area contributed by atoms with Crippen molar-refractivity contribution in [2.45, 2.75) is 116 Å². The van der Waals surface area contributed by atoms with Crippen molar-refractivity contribution >= 4 is 17.4 Å². The maximum atomic E-state index is 12.8. The monoisotopic (exact) mass is 673 g/mol. The van der Waals surface area contributed by atoms with Crippen molar-refractivity contribution in [3.8, 4) is 0 Å². The molecule has 0 unspecified atom stereocenters. The summed E-state index contributed by atoms with van der Waals surface area (Å²) < 4.78 is 52.2. The minimum Gasteiger partial charge on any atom is -1.00 e. The van der Waals surface area contributed by atoms with Gasteiger partial charge < -0.3 is 23.5 Å². The van der Waals surface area contributed by atoms with E-state index in [4.69, 9.17) is 17.3 Å². The van der Waals surface area contributed by atoms with E-state index < -0.39 is 23.2 Å². The number of hydrogen-bond donors (Lipinski definition) is 4. The average molecular weight is 675 g/mol. The van der Waals surface area contributed by atoms with Gasteiger partial charge in [-0.2, -0.15) is 0 Å². The third kappa shape index (κ3) is 12.1. The Hall–Kier alpha value is -2.58. The van der Waals surface area contributed by atoms with Gasteiger partial charge in [0.05, 0.1) is 0 Å². The number of nitrogens with one attached hydrogen (secondary N) is 3. The van der Waals surface area contributed by atoms with Crippen LogP contribution in [0.2, 0.25) is 5.15 Å². The van der Waals surface area contributed by atoms with Crippen LogP contribution in [-0.4, -0.2) is 43.0 Å². The summed E-state index contributed by atoms with van der Waals surface area (Å²) in [7, 11) is 0. The Kier molecular flexibility index (Phi) is 14.5. The van der Waals surface area contributed by atoms with Crippen molar-refractivity contribution in [2.24, 2.45) is 17.6 Å². The molecule has 252 valence electrons. The second-order valence-electron chi connectivity index (χ2n) is 12.3. The van der Waals surface area contributed by atoms with Crippen LogP contribution < -0.4 is 46.0 Å². The van der Waals surface area contributed by atoms with Crippen LogP contribution in [0.1, 0.15) is 92.2 Å². The summed E-state index contributed by atoms with van der Waals surface area (Å²) in [5.41, 5.74) is 3.75. The zero-order valence-electron chi connectivity index (χ0n) is 25.7. The molecule has 4 rings (SSSR count). The number of aromatic amines is 2. The van der Waals surface area contributed by atoms with E-state index in [-0.39, 0.29) is 90.4 Å². The number of H-pyrrole nitrogens is 2. The van der Waals surface area contributed by atoms with E-state index in [0.29, 0.717) is 12.2 Å². The van der Waals surface area contributed by atoms with Gasteiger partial charge in [0.15, 0.2) is 0 Å². The fraction of sp³-hybridized carbons (Fsp3) is 0.714. The first-order chi connectivity index (χ1) is 19.7. The van der Waals surface area contributed by atoms with Crippen LogP contribution in [0.25, 0.3) is 0 Å². The highest BCUT2D eigenvalue weighted by Gasteiger charge is 2.45. The molecule has 2 heterocycles. The van der Waals surface area contributed by atoms with E-state index in [2.05, 4.69) is 15.3 Å². The predicted molar refractivity (Wildman–Crippen MR) is 160 cm³/mol. The van der Waals surface area contributed by atoms with Crippen molar-refractivity contribution < 1.29 is 30.0 Å². The smallest absolute Gasteiger partial charge is 0.330 e. The Bertz CT molecular complexity index is 1370. The molecule has 2 aromatic rings. The molecule has 10 nitrogen and oxygen atoms in total. The average Bonchev–Trinajstić information content (AvgIpc) is 2.75. The Balaban J connectivity index is 0.000000358. The number of hydrogen-bond acceptors (Lipinski definition) is 6. The van der Waals surface area contributed by atoms with E-state index in [1.54, 1.807) is 27.7 Å². The lowest BCUT2D eigenvalue weighted by molar-refractivity contribution is -0.113. The number of alkyl halides is 4. The summed E-state index contributed by atoms with van der Waals surface area (Å²) in [4.78, 5) is 50.9. The zero-order valence-corrected chi connectivity index (χ0v) is 27.2. The molecule has 2 aliphatic rings. The third-order valence-electron chi connectivity index (χ3n) is 7.07. The van der Waals surface area contributed by atoms with E-state index in [1.807, 2.05) is 13.8 Å². The maximum absolute atomic E-state index is 12.8. The molecule has 2 atom stereocenters. The van der Waals surface area contributed by atoms with Gasteiger partial charge in [0.1, 0.15) is 11.0 Å². The molecule has 0 radical (unpaired) electrons. The number of rotatable bonds is 8. The van der Waals surface area contributed by atoms with Crippen LogP contribution in [0.5, 0.6) is 0 Å². The van der Waals surface area contributed by atoms with E-state index >= 15 is 0 Å². The molecule has 2 fully saturated rings. The third-order valence-corrected chi connectivity index (χ3v) is 7.28. The van der Waals surface area contributed by atoms with E-state index in [9.17, 15) is 36.7 Å². The van der Waals surface area contributed by atoms with Gasteiger partial charge in [-0.15, -0.1) is 0 Å².